The third-order valence-electron chi connectivity index (χ3n) is 5.11. The summed E-state index contributed by atoms with van der Waals surface area (Å²) in [5.74, 6) is 0.160. The molecule has 1 aromatic rings. The fourth-order valence-corrected chi connectivity index (χ4v) is 3.78. The van der Waals surface area contributed by atoms with Crippen LogP contribution in [-0.2, 0) is 6.18 Å². The predicted molar refractivity (Wildman–Crippen MR) is 74.6 cm³/mol. The molecule has 3 nitrogen and oxygen atoms in total. The largest absolute Gasteiger partial charge is 0.417 e. The normalized spacial score (nSPS) is 30.3. The van der Waals surface area contributed by atoms with Crippen LogP contribution < -0.4 is 5.32 Å². The fourth-order valence-electron chi connectivity index (χ4n) is 3.78. The number of nitrogens with zero attached hydrogens (tertiary/aromatic N) is 1. The van der Waals surface area contributed by atoms with Crippen LogP contribution in [0.5, 0.6) is 0 Å². The van der Waals surface area contributed by atoms with Crippen molar-refractivity contribution >= 4 is 5.91 Å². The molecule has 0 spiro atoms. The Morgan fingerprint density at radius 2 is 2.05 bits per heavy atom. The summed E-state index contributed by atoms with van der Waals surface area (Å²) >= 11 is 0. The van der Waals surface area contributed by atoms with E-state index in [0.29, 0.717) is 31.1 Å². The van der Waals surface area contributed by atoms with Gasteiger partial charge in [0.2, 0.25) is 0 Å². The Balaban J connectivity index is 1.89. The number of alkyl halides is 3. The number of halogens is 3. The number of hydrogen-bond donors (Lipinski definition) is 1. The molecule has 1 N–H and O–H groups in total. The summed E-state index contributed by atoms with van der Waals surface area (Å²) in [6.45, 7) is 3.67. The van der Waals surface area contributed by atoms with Crippen LogP contribution in [-0.4, -0.2) is 30.4 Å². The van der Waals surface area contributed by atoms with Crippen LogP contribution in [0.1, 0.15) is 52.4 Å². The summed E-state index contributed by atoms with van der Waals surface area (Å²) in [5, 5.41) is 3.17. The molecule has 4 rings (SSSR count). The van der Waals surface area contributed by atoms with Gasteiger partial charge >= 0.3 is 6.18 Å². The van der Waals surface area contributed by atoms with Gasteiger partial charge in [0.1, 0.15) is 0 Å². The monoisotopic (exact) mass is 310 g/mol. The lowest BCUT2D eigenvalue weighted by Crippen LogP contribution is -2.44. The van der Waals surface area contributed by atoms with Crippen molar-refractivity contribution in [2.24, 2.45) is 5.92 Å². The Kier molecular flexibility index (Phi) is 2.86. The van der Waals surface area contributed by atoms with E-state index in [4.69, 9.17) is 0 Å². The van der Waals surface area contributed by atoms with Crippen molar-refractivity contribution in [1.29, 1.82) is 0 Å². The van der Waals surface area contributed by atoms with Gasteiger partial charge in [-0.05, 0) is 35.4 Å². The molecule has 0 aromatic heterocycles. The maximum atomic E-state index is 13.5. The molecule has 0 bridgehead atoms. The third-order valence-corrected chi connectivity index (χ3v) is 5.11. The highest BCUT2D eigenvalue weighted by molar-refractivity contribution is 6.01. The minimum Gasteiger partial charge on any atom is -0.329 e. The highest BCUT2D eigenvalue weighted by atomic mass is 19.4. The SMILES string of the molecule is CC1CC1c1cc2c(c(C(F)(F)F)c1)C(=O)N1CCNC[C@@H]21. The molecule has 0 radical (unpaired) electrons. The molecule has 2 unspecified atom stereocenters. The topological polar surface area (TPSA) is 32.3 Å². The van der Waals surface area contributed by atoms with E-state index in [9.17, 15) is 18.0 Å². The zero-order valence-corrected chi connectivity index (χ0v) is 12.2. The van der Waals surface area contributed by atoms with Crippen molar-refractivity contribution < 1.29 is 18.0 Å². The van der Waals surface area contributed by atoms with Crippen LogP contribution in [0.4, 0.5) is 13.2 Å². The number of carbonyl (C=O) groups excluding carboxylic acids is 1. The van der Waals surface area contributed by atoms with E-state index in [1.165, 1.54) is 6.07 Å². The second-order valence-electron chi connectivity index (χ2n) is 6.57. The van der Waals surface area contributed by atoms with Crippen molar-refractivity contribution in [3.8, 4) is 0 Å². The molecular weight excluding hydrogens is 293 g/mol. The number of hydrogen-bond acceptors (Lipinski definition) is 2. The van der Waals surface area contributed by atoms with Gasteiger partial charge in [0, 0.05) is 19.6 Å². The summed E-state index contributed by atoms with van der Waals surface area (Å²) in [7, 11) is 0. The molecule has 118 valence electrons. The third kappa shape index (κ3) is 1.96. The van der Waals surface area contributed by atoms with Gasteiger partial charge < -0.3 is 10.2 Å². The van der Waals surface area contributed by atoms with E-state index < -0.39 is 17.6 Å². The van der Waals surface area contributed by atoms with Gasteiger partial charge in [-0.2, -0.15) is 13.2 Å². The second kappa shape index (κ2) is 4.47. The molecule has 2 aliphatic heterocycles. The summed E-state index contributed by atoms with van der Waals surface area (Å²) in [6.07, 6.45) is -3.56. The molecule has 3 aliphatic rings. The zero-order valence-electron chi connectivity index (χ0n) is 12.2. The first-order chi connectivity index (χ1) is 10.4. The summed E-state index contributed by atoms with van der Waals surface area (Å²) in [6, 6.07) is 2.79. The molecule has 6 heteroatoms. The van der Waals surface area contributed by atoms with Gasteiger partial charge in [-0.15, -0.1) is 0 Å². The number of rotatable bonds is 1. The van der Waals surface area contributed by atoms with Gasteiger partial charge in [-0.3, -0.25) is 4.79 Å². The van der Waals surface area contributed by atoms with Crippen molar-refractivity contribution in [3.63, 3.8) is 0 Å². The average Bonchev–Trinajstić information content (AvgIpc) is 3.14. The Morgan fingerprint density at radius 3 is 2.68 bits per heavy atom. The first kappa shape index (κ1) is 14.1. The highest BCUT2D eigenvalue weighted by Gasteiger charge is 2.47. The van der Waals surface area contributed by atoms with E-state index in [-0.39, 0.29) is 17.5 Å². The molecule has 1 saturated carbocycles. The van der Waals surface area contributed by atoms with Gasteiger partial charge in [-0.1, -0.05) is 13.0 Å². The van der Waals surface area contributed by atoms with Crippen LogP contribution in [0.25, 0.3) is 0 Å². The Bertz CT molecular complexity index is 656. The maximum Gasteiger partial charge on any atom is 0.417 e. The molecule has 1 saturated heterocycles. The highest BCUT2D eigenvalue weighted by Crippen LogP contribution is 2.51. The zero-order chi connectivity index (χ0) is 15.6. The molecule has 2 fully saturated rings. The van der Waals surface area contributed by atoms with Gasteiger partial charge in [-0.25, -0.2) is 0 Å². The molecule has 3 atom stereocenters. The molecule has 1 aliphatic carbocycles. The van der Waals surface area contributed by atoms with Gasteiger partial charge in [0.15, 0.2) is 0 Å². The van der Waals surface area contributed by atoms with Crippen molar-refractivity contribution in [2.75, 3.05) is 19.6 Å². The molecule has 22 heavy (non-hydrogen) atoms. The number of amides is 1. The van der Waals surface area contributed by atoms with E-state index in [1.807, 2.05) is 13.0 Å². The van der Waals surface area contributed by atoms with Crippen LogP contribution in [0.2, 0.25) is 0 Å². The summed E-state index contributed by atoms with van der Waals surface area (Å²) in [5.41, 5.74) is 0.414. The first-order valence-electron chi connectivity index (χ1n) is 7.64. The van der Waals surface area contributed by atoms with Crippen LogP contribution in [0.15, 0.2) is 12.1 Å². The molecule has 1 aromatic carbocycles. The minimum absolute atomic E-state index is 0.127. The van der Waals surface area contributed by atoms with E-state index >= 15 is 0 Å². The minimum atomic E-state index is -4.49. The maximum absolute atomic E-state index is 13.5. The Hall–Kier alpha value is -1.56. The standard InChI is InChI=1S/C16H17F3N2O/c1-8-4-10(8)9-5-11-13-7-20-2-3-21(13)15(22)14(11)12(6-9)16(17,18)19/h5-6,8,10,13,20H,2-4,7H2,1H3/t8?,10?,13-/m0/s1. The summed E-state index contributed by atoms with van der Waals surface area (Å²) in [4.78, 5) is 14.0. The van der Waals surface area contributed by atoms with Crippen molar-refractivity contribution in [2.45, 2.75) is 31.5 Å². The lowest BCUT2D eigenvalue weighted by molar-refractivity contribution is -0.138. The Morgan fingerprint density at radius 1 is 1.32 bits per heavy atom. The van der Waals surface area contributed by atoms with Crippen molar-refractivity contribution in [3.05, 3.63) is 34.4 Å². The lowest BCUT2D eigenvalue weighted by Gasteiger charge is -2.30. The van der Waals surface area contributed by atoms with Crippen LogP contribution in [0, 0.1) is 5.92 Å². The molecular formula is C16H17F3N2O. The van der Waals surface area contributed by atoms with E-state index in [1.54, 1.807) is 4.90 Å². The number of nitrogens with one attached hydrogen (secondary N) is 1. The number of benzene rings is 1. The second-order valence-corrected chi connectivity index (χ2v) is 6.57. The van der Waals surface area contributed by atoms with E-state index in [2.05, 4.69) is 5.32 Å². The fraction of sp³-hybridized carbons (Fsp3) is 0.562. The van der Waals surface area contributed by atoms with Crippen molar-refractivity contribution in [1.82, 2.24) is 10.2 Å². The van der Waals surface area contributed by atoms with E-state index in [0.717, 1.165) is 12.0 Å². The van der Waals surface area contributed by atoms with Gasteiger partial charge in [0.05, 0.1) is 17.2 Å². The van der Waals surface area contributed by atoms with Crippen LogP contribution >= 0.6 is 0 Å². The average molecular weight is 310 g/mol. The lowest BCUT2D eigenvalue weighted by atomic mass is 9.93. The summed E-state index contributed by atoms with van der Waals surface area (Å²) < 4.78 is 40.4. The first-order valence-corrected chi connectivity index (χ1v) is 7.64. The van der Waals surface area contributed by atoms with Crippen LogP contribution in [0.3, 0.4) is 0 Å². The van der Waals surface area contributed by atoms with Gasteiger partial charge in [0.25, 0.3) is 5.91 Å². The number of piperazine rings is 1. The quantitative estimate of drug-likeness (QED) is 0.865. The molecule has 1 amide bonds. The predicted octanol–water partition coefficient (Wildman–Crippen LogP) is 2.93. The molecule has 2 heterocycles. The Labute approximate surface area is 126 Å². The smallest absolute Gasteiger partial charge is 0.329 e. The number of carbonyl (C=O) groups is 1. The number of fused-ring (bicyclic) bond motifs is 3.